The number of hydrogen-bond donors (Lipinski definition) is 1. The van der Waals surface area contributed by atoms with Crippen molar-refractivity contribution in [2.45, 2.75) is 32.6 Å². The van der Waals surface area contributed by atoms with Gasteiger partial charge < -0.3 is 4.79 Å². The molecule has 0 aliphatic heterocycles. The molecule has 0 bridgehead atoms. The Labute approximate surface area is 72.5 Å². The molecule has 0 fully saturated rings. The Hall–Kier alpha value is -1.30. The van der Waals surface area contributed by atoms with Crippen molar-refractivity contribution in [3.63, 3.8) is 0 Å². The molecule has 0 saturated carbocycles. The molecule has 0 aromatic heterocycles. The molecule has 0 atom stereocenters. The maximum atomic E-state index is 10.7. The molecule has 12 heavy (non-hydrogen) atoms. The number of carbonyl (C=O) groups is 2. The van der Waals surface area contributed by atoms with Gasteiger partial charge in [-0.1, -0.05) is 6.42 Å². The predicted molar refractivity (Wildman–Crippen MR) is 46.1 cm³/mol. The second-order valence-corrected chi connectivity index (χ2v) is 2.60. The van der Waals surface area contributed by atoms with Gasteiger partial charge in [0.05, 0.1) is 0 Å². The van der Waals surface area contributed by atoms with Crippen molar-refractivity contribution in [2.24, 2.45) is 0 Å². The first-order valence-electron chi connectivity index (χ1n) is 3.90. The SMILES string of the molecule is C#CNC(=O)CCCCC(C)=O. The maximum Gasteiger partial charge on any atom is 0.231 e. The number of Topliss-reactive ketones (excluding diaryl/α,β-unsaturated/α-hetero) is 1. The fourth-order valence-electron chi connectivity index (χ4n) is 0.802. The van der Waals surface area contributed by atoms with Crippen LogP contribution in [0.15, 0.2) is 0 Å². The lowest BCUT2D eigenvalue weighted by molar-refractivity contribution is -0.120. The third kappa shape index (κ3) is 6.81. The number of rotatable bonds is 5. The van der Waals surface area contributed by atoms with Crippen LogP contribution in [0.1, 0.15) is 32.6 Å². The lowest BCUT2D eigenvalue weighted by atomic mass is 10.1. The summed E-state index contributed by atoms with van der Waals surface area (Å²) in [5.74, 6) is 0.00779. The van der Waals surface area contributed by atoms with Crippen molar-refractivity contribution in [1.29, 1.82) is 0 Å². The topological polar surface area (TPSA) is 46.2 Å². The van der Waals surface area contributed by atoms with Gasteiger partial charge in [-0.25, -0.2) is 0 Å². The van der Waals surface area contributed by atoms with Crippen molar-refractivity contribution < 1.29 is 9.59 Å². The minimum absolute atomic E-state index is 0.152. The monoisotopic (exact) mass is 167 g/mol. The molecule has 3 heteroatoms. The predicted octanol–water partition coefficient (Wildman–Crippen LogP) is 0.843. The van der Waals surface area contributed by atoms with Crippen LogP contribution in [0, 0.1) is 12.5 Å². The summed E-state index contributed by atoms with van der Waals surface area (Å²) >= 11 is 0. The van der Waals surface area contributed by atoms with E-state index < -0.39 is 0 Å². The van der Waals surface area contributed by atoms with E-state index in [1.807, 2.05) is 0 Å². The zero-order valence-corrected chi connectivity index (χ0v) is 7.22. The number of terminal acetylenes is 1. The number of amides is 1. The molecule has 0 aliphatic carbocycles. The van der Waals surface area contributed by atoms with E-state index in [0.717, 1.165) is 6.42 Å². The molecule has 0 saturated heterocycles. The highest BCUT2D eigenvalue weighted by atomic mass is 16.1. The Kier molecular flexibility index (Phi) is 5.72. The second-order valence-electron chi connectivity index (χ2n) is 2.60. The number of unbranched alkanes of at least 4 members (excludes halogenated alkanes) is 1. The maximum absolute atomic E-state index is 10.7. The van der Waals surface area contributed by atoms with E-state index in [-0.39, 0.29) is 11.7 Å². The van der Waals surface area contributed by atoms with E-state index in [1.165, 1.54) is 0 Å². The van der Waals surface area contributed by atoms with Gasteiger partial charge in [-0.05, 0) is 19.8 Å². The molecule has 0 heterocycles. The van der Waals surface area contributed by atoms with Crippen LogP contribution >= 0.6 is 0 Å². The van der Waals surface area contributed by atoms with E-state index in [2.05, 4.69) is 11.4 Å². The van der Waals surface area contributed by atoms with E-state index >= 15 is 0 Å². The van der Waals surface area contributed by atoms with E-state index in [1.54, 1.807) is 6.92 Å². The van der Waals surface area contributed by atoms with Crippen molar-refractivity contribution in [1.82, 2.24) is 5.32 Å². The van der Waals surface area contributed by atoms with Crippen LogP contribution in [0.2, 0.25) is 0 Å². The Bertz CT molecular complexity index is 203. The smallest absolute Gasteiger partial charge is 0.231 e. The van der Waals surface area contributed by atoms with Crippen LogP contribution < -0.4 is 5.32 Å². The molecule has 0 radical (unpaired) electrons. The van der Waals surface area contributed by atoms with Crippen LogP contribution in [0.5, 0.6) is 0 Å². The summed E-state index contributed by atoms with van der Waals surface area (Å²) in [7, 11) is 0. The minimum Gasteiger partial charge on any atom is -0.300 e. The quantitative estimate of drug-likeness (QED) is 0.374. The summed E-state index contributed by atoms with van der Waals surface area (Å²) in [4.78, 5) is 21.2. The summed E-state index contributed by atoms with van der Waals surface area (Å²) in [5.41, 5.74) is 0. The number of ketones is 1. The summed E-state index contributed by atoms with van der Waals surface area (Å²) in [6, 6.07) is 2.05. The molecule has 0 rings (SSSR count). The van der Waals surface area contributed by atoms with Crippen molar-refractivity contribution in [2.75, 3.05) is 0 Å². The fourth-order valence-corrected chi connectivity index (χ4v) is 0.802. The highest BCUT2D eigenvalue weighted by Crippen LogP contribution is 1.99. The standard InChI is InChI=1S/C9H13NO2/c1-3-10-9(12)7-5-4-6-8(2)11/h1H,4-7H2,2H3,(H,10,12). The van der Waals surface area contributed by atoms with Gasteiger partial charge in [0.1, 0.15) is 5.78 Å². The number of hydrogen-bond acceptors (Lipinski definition) is 2. The first kappa shape index (κ1) is 10.7. The van der Waals surface area contributed by atoms with Crippen molar-refractivity contribution in [3.8, 4) is 12.5 Å². The van der Waals surface area contributed by atoms with Gasteiger partial charge in [-0.2, -0.15) is 0 Å². The number of nitrogens with one attached hydrogen (secondary N) is 1. The van der Waals surface area contributed by atoms with Crippen LogP contribution in [-0.4, -0.2) is 11.7 Å². The third-order valence-corrected chi connectivity index (χ3v) is 1.39. The van der Waals surface area contributed by atoms with Gasteiger partial charge in [-0.3, -0.25) is 10.1 Å². The second kappa shape index (κ2) is 6.41. The molecule has 1 N–H and O–H groups in total. The average molecular weight is 167 g/mol. The van der Waals surface area contributed by atoms with Gasteiger partial charge in [0.15, 0.2) is 0 Å². The van der Waals surface area contributed by atoms with Crippen LogP contribution in [-0.2, 0) is 9.59 Å². The molecular formula is C9H13NO2. The normalized spacial score (nSPS) is 8.67. The van der Waals surface area contributed by atoms with E-state index in [4.69, 9.17) is 6.42 Å². The van der Waals surface area contributed by atoms with E-state index in [9.17, 15) is 9.59 Å². The van der Waals surface area contributed by atoms with Gasteiger partial charge >= 0.3 is 0 Å². The van der Waals surface area contributed by atoms with Gasteiger partial charge in [0.2, 0.25) is 5.91 Å². The van der Waals surface area contributed by atoms with Crippen LogP contribution in [0.4, 0.5) is 0 Å². The van der Waals surface area contributed by atoms with Gasteiger partial charge in [-0.15, -0.1) is 0 Å². The largest absolute Gasteiger partial charge is 0.300 e. The minimum atomic E-state index is -0.152. The summed E-state index contributed by atoms with van der Waals surface area (Å²) in [5, 5.41) is 2.24. The molecule has 1 amide bonds. The first-order valence-corrected chi connectivity index (χ1v) is 3.90. The van der Waals surface area contributed by atoms with Gasteiger partial charge in [0.25, 0.3) is 0 Å². The molecule has 0 aromatic rings. The summed E-state index contributed by atoms with van der Waals surface area (Å²) in [6.07, 6.45) is 7.26. The lowest BCUT2D eigenvalue weighted by Crippen LogP contribution is -2.16. The zero-order valence-electron chi connectivity index (χ0n) is 7.22. The molecule has 66 valence electrons. The van der Waals surface area contributed by atoms with Crippen LogP contribution in [0.25, 0.3) is 0 Å². The fraction of sp³-hybridized carbons (Fsp3) is 0.556. The third-order valence-electron chi connectivity index (χ3n) is 1.39. The average Bonchev–Trinajstić information content (AvgIpc) is 1.98. The Morgan fingerprint density at radius 1 is 1.33 bits per heavy atom. The summed E-state index contributed by atoms with van der Waals surface area (Å²) in [6.45, 7) is 1.54. The molecule has 3 nitrogen and oxygen atoms in total. The van der Waals surface area contributed by atoms with Gasteiger partial charge in [0, 0.05) is 18.9 Å². The van der Waals surface area contributed by atoms with Crippen molar-refractivity contribution in [3.05, 3.63) is 0 Å². The summed E-state index contributed by atoms with van der Waals surface area (Å²) < 4.78 is 0. The number of carbonyl (C=O) groups excluding carboxylic acids is 2. The zero-order chi connectivity index (χ0) is 9.40. The first-order chi connectivity index (χ1) is 5.66. The Balaban J connectivity index is 3.27. The molecule has 0 spiro atoms. The highest BCUT2D eigenvalue weighted by Gasteiger charge is 1.99. The lowest BCUT2D eigenvalue weighted by Gasteiger charge is -1.96. The van der Waals surface area contributed by atoms with E-state index in [0.29, 0.717) is 19.3 Å². The molecule has 0 unspecified atom stereocenters. The molecular weight excluding hydrogens is 154 g/mol. The van der Waals surface area contributed by atoms with Crippen LogP contribution in [0.3, 0.4) is 0 Å². The molecule has 0 aliphatic rings. The highest BCUT2D eigenvalue weighted by molar-refractivity contribution is 5.78. The Morgan fingerprint density at radius 3 is 2.42 bits per heavy atom. The molecule has 0 aromatic carbocycles. The van der Waals surface area contributed by atoms with Crippen molar-refractivity contribution >= 4 is 11.7 Å². The Morgan fingerprint density at radius 2 is 1.92 bits per heavy atom.